The number of carbonyl (C=O) groups is 1. The van der Waals surface area contributed by atoms with Crippen molar-refractivity contribution < 1.29 is 32.5 Å². The zero-order chi connectivity index (χ0) is 13.8. The van der Waals surface area contributed by atoms with Crippen molar-refractivity contribution in [2.24, 2.45) is 0 Å². The molecule has 0 bridgehead atoms. The first-order chi connectivity index (χ1) is 8.29. The van der Waals surface area contributed by atoms with Crippen molar-refractivity contribution in [3.8, 4) is 5.75 Å². The monoisotopic (exact) mass is 284 g/mol. The normalized spacial score (nSPS) is 11.3. The van der Waals surface area contributed by atoms with Gasteiger partial charge in [-0.1, -0.05) is 11.6 Å². The number of carboxylic acid groups (broad SMARTS) is 1. The van der Waals surface area contributed by atoms with Crippen LogP contribution in [0.4, 0.5) is 13.2 Å². The predicted octanol–water partition coefficient (Wildman–Crippen LogP) is 2.95. The molecule has 100 valence electrons. The number of ether oxygens (including phenoxy) is 2. The van der Waals surface area contributed by atoms with Crippen molar-refractivity contribution >= 4 is 17.6 Å². The van der Waals surface area contributed by atoms with Crippen molar-refractivity contribution in [2.75, 3.05) is 13.2 Å². The Balaban J connectivity index is 2.59. The third kappa shape index (κ3) is 4.80. The third-order valence-corrected chi connectivity index (χ3v) is 2.01. The quantitative estimate of drug-likeness (QED) is 0.845. The van der Waals surface area contributed by atoms with Gasteiger partial charge in [0, 0.05) is 5.02 Å². The molecule has 0 saturated heterocycles. The van der Waals surface area contributed by atoms with Gasteiger partial charge in [-0.05, 0) is 18.2 Å². The molecule has 18 heavy (non-hydrogen) atoms. The molecule has 0 saturated carbocycles. The highest BCUT2D eigenvalue weighted by Crippen LogP contribution is 2.23. The molecule has 4 nitrogen and oxygen atoms in total. The van der Waals surface area contributed by atoms with Crippen molar-refractivity contribution in [3.05, 3.63) is 28.8 Å². The van der Waals surface area contributed by atoms with Gasteiger partial charge in [-0.2, -0.15) is 0 Å². The summed E-state index contributed by atoms with van der Waals surface area (Å²) >= 11 is 5.59. The third-order valence-electron chi connectivity index (χ3n) is 1.78. The Morgan fingerprint density at radius 1 is 1.33 bits per heavy atom. The maximum absolute atomic E-state index is 11.7. The summed E-state index contributed by atoms with van der Waals surface area (Å²) in [4.78, 5) is 10.8. The lowest BCUT2D eigenvalue weighted by atomic mass is 10.2. The molecule has 0 aliphatic heterocycles. The van der Waals surface area contributed by atoms with Crippen LogP contribution in [-0.2, 0) is 4.74 Å². The fourth-order valence-corrected chi connectivity index (χ4v) is 1.28. The van der Waals surface area contributed by atoms with E-state index < -0.39 is 25.5 Å². The van der Waals surface area contributed by atoms with Crippen molar-refractivity contribution in [3.63, 3.8) is 0 Å². The zero-order valence-corrected chi connectivity index (χ0v) is 9.59. The summed E-state index contributed by atoms with van der Waals surface area (Å²) in [7, 11) is 0. The fourth-order valence-electron chi connectivity index (χ4n) is 1.10. The van der Waals surface area contributed by atoms with Crippen LogP contribution in [0.2, 0.25) is 5.02 Å². The maximum atomic E-state index is 11.7. The number of rotatable bonds is 5. The minimum atomic E-state index is -4.74. The maximum Gasteiger partial charge on any atom is 0.522 e. The number of carboxylic acids is 1. The van der Waals surface area contributed by atoms with E-state index in [4.69, 9.17) is 21.4 Å². The highest BCUT2D eigenvalue weighted by Gasteiger charge is 2.28. The molecule has 1 rings (SSSR count). The topological polar surface area (TPSA) is 55.8 Å². The second kappa shape index (κ2) is 5.92. The van der Waals surface area contributed by atoms with Gasteiger partial charge in [0.1, 0.15) is 17.9 Å². The van der Waals surface area contributed by atoms with Gasteiger partial charge in [-0.15, -0.1) is 13.2 Å². The van der Waals surface area contributed by atoms with Crippen LogP contribution in [0.1, 0.15) is 10.4 Å². The molecule has 0 aliphatic rings. The average Bonchev–Trinajstić information content (AvgIpc) is 2.24. The van der Waals surface area contributed by atoms with Crippen LogP contribution in [0, 0.1) is 0 Å². The van der Waals surface area contributed by atoms with Crippen LogP contribution < -0.4 is 4.74 Å². The molecular formula is C10H8ClF3O4. The van der Waals surface area contributed by atoms with Crippen molar-refractivity contribution in [1.82, 2.24) is 0 Å². The minimum absolute atomic E-state index is 0.0716. The first kappa shape index (κ1) is 14.6. The first-order valence-corrected chi connectivity index (χ1v) is 5.04. The van der Waals surface area contributed by atoms with E-state index >= 15 is 0 Å². The molecule has 1 N–H and O–H groups in total. The zero-order valence-electron chi connectivity index (χ0n) is 8.83. The van der Waals surface area contributed by atoms with E-state index in [-0.39, 0.29) is 16.3 Å². The number of alkyl halides is 3. The van der Waals surface area contributed by atoms with Crippen molar-refractivity contribution in [2.45, 2.75) is 6.36 Å². The molecule has 0 fully saturated rings. The second-order valence-electron chi connectivity index (χ2n) is 3.09. The lowest BCUT2D eigenvalue weighted by Crippen LogP contribution is -2.18. The summed E-state index contributed by atoms with van der Waals surface area (Å²) in [6.07, 6.45) is -4.74. The van der Waals surface area contributed by atoms with Gasteiger partial charge in [0.2, 0.25) is 0 Å². The Morgan fingerprint density at radius 3 is 2.56 bits per heavy atom. The van der Waals surface area contributed by atoms with Crippen molar-refractivity contribution in [1.29, 1.82) is 0 Å². The number of halogens is 4. The Hall–Kier alpha value is -1.47. The smallest absolute Gasteiger partial charge is 0.490 e. The molecular weight excluding hydrogens is 277 g/mol. The van der Waals surface area contributed by atoms with Crippen LogP contribution in [0.25, 0.3) is 0 Å². The van der Waals surface area contributed by atoms with E-state index in [9.17, 15) is 18.0 Å². The van der Waals surface area contributed by atoms with Crippen LogP contribution in [0.5, 0.6) is 5.75 Å². The average molecular weight is 285 g/mol. The van der Waals surface area contributed by atoms with Gasteiger partial charge in [-0.25, -0.2) is 4.79 Å². The molecule has 1 aromatic rings. The molecule has 0 spiro atoms. The highest BCUT2D eigenvalue weighted by atomic mass is 35.5. The van der Waals surface area contributed by atoms with Gasteiger partial charge in [0.15, 0.2) is 0 Å². The fraction of sp³-hybridized carbons (Fsp3) is 0.300. The van der Waals surface area contributed by atoms with Gasteiger partial charge >= 0.3 is 12.3 Å². The summed E-state index contributed by atoms with van der Waals surface area (Å²) in [5.74, 6) is -1.36. The molecule has 8 heteroatoms. The second-order valence-corrected chi connectivity index (χ2v) is 3.52. The lowest BCUT2D eigenvalue weighted by Gasteiger charge is -2.10. The van der Waals surface area contributed by atoms with Crippen LogP contribution in [0.3, 0.4) is 0 Å². The summed E-state index contributed by atoms with van der Waals surface area (Å²) in [6.45, 7) is -1.16. The number of hydrogen-bond donors (Lipinski definition) is 1. The van der Waals surface area contributed by atoms with E-state index in [0.29, 0.717) is 0 Å². The molecule has 0 amide bonds. The van der Waals surface area contributed by atoms with E-state index in [1.165, 1.54) is 12.1 Å². The number of benzene rings is 1. The summed E-state index contributed by atoms with van der Waals surface area (Å²) < 4.78 is 43.3. The Morgan fingerprint density at radius 2 is 2.00 bits per heavy atom. The highest BCUT2D eigenvalue weighted by molar-refractivity contribution is 6.31. The molecule has 0 aliphatic carbocycles. The van der Waals surface area contributed by atoms with Crippen LogP contribution in [-0.4, -0.2) is 30.7 Å². The lowest BCUT2D eigenvalue weighted by molar-refractivity contribution is -0.325. The molecule has 0 radical (unpaired) electrons. The predicted molar refractivity (Wildman–Crippen MR) is 55.9 cm³/mol. The molecule has 0 heterocycles. The van der Waals surface area contributed by atoms with E-state index in [0.717, 1.165) is 6.07 Å². The summed E-state index contributed by atoms with van der Waals surface area (Å²) in [6, 6.07) is 3.77. The molecule has 0 aromatic heterocycles. The largest absolute Gasteiger partial charge is 0.522 e. The first-order valence-electron chi connectivity index (χ1n) is 4.66. The van der Waals surface area contributed by atoms with Gasteiger partial charge < -0.3 is 9.84 Å². The van der Waals surface area contributed by atoms with E-state index in [1.807, 2.05) is 0 Å². The van der Waals surface area contributed by atoms with E-state index in [2.05, 4.69) is 4.74 Å². The minimum Gasteiger partial charge on any atom is -0.490 e. The Bertz CT molecular complexity index is 434. The summed E-state index contributed by atoms with van der Waals surface area (Å²) in [5, 5.41) is 9.01. The molecule has 1 aromatic carbocycles. The Kier molecular flexibility index (Phi) is 4.80. The Labute approximate surface area is 105 Å². The SMILES string of the molecule is O=C(O)c1cc(Cl)ccc1OCCOC(F)(F)F. The molecule has 0 unspecified atom stereocenters. The van der Waals surface area contributed by atoms with Gasteiger partial charge in [0.25, 0.3) is 0 Å². The van der Waals surface area contributed by atoms with Gasteiger partial charge in [0.05, 0.1) is 6.61 Å². The van der Waals surface area contributed by atoms with Gasteiger partial charge in [-0.3, -0.25) is 4.74 Å². The summed E-state index contributed by atoms with van der Waals surface area (Å²) in [5.41, 5.74) is -0.227. The number of hydrogen-bond acceptors (Lipinski definition) is 3. The number of aromatic carboxylic acids is 1. The standard InChI is InChI=1S/C10H8ClF3O4/c11-6-1-2-8(7(5-6)9(15)16)17-3-4-18-10(12,13)14/h1-2,5H,3-4H2,(H,15,16). The van der Waals surface area contributed by atoms with Crippen LogP contribution >= 0.6 is 11.6 Å². The molecule has 0 atom stereocenters. The van der Waals surface area contributed by atoms with E-state index in [1.54, 1.807) is 0 Å². The van der Waals surface area contributed by atoms with Crippen LogP contribution in [0.15, 0.2) is 18.2 Å².